The molecule has 5 N–H and O–H groups in total. The van der Waals surface area contributed by atoms with Crippen molar-refractivity contribution in [2.45, 2.75) is 19.4 Å². The van der Waals surface area contributed by atoms with Gasteiger partial charge < -0.3 is 16.8 Å². The van der Waals surface area contributed by atoms with Crippen molar-refractivity contribution in [3.63, 3.8) is 0 Å². The fraction of sp³-hybridized carbons (Fsp3) is 0.273. The van der Waals surface area contributed by atoms with Crippen LogP contribution in [0.15, 0.2) is 18.2 Å². The van der Waals surface area contributed by atoms with Crippen LogP contribution in [0.4, 0.5) is 5.69 Å². The molecule has 0 aliphatic carbocycles. The Morgan fingerprint density at radius 1 is 1.44 bits per heavy atom. The van der Waals surface area contributed by atoms with E-state index in [0.717, 1.165) is 0 Å². The number of hydrogen-bond acceptors (Lipinski definition) is 3. The lowest BCUT2D eigenvalue weighted by molar-refractivity contribution is -0.117. The van der Waals surface area contributed by atoms with Crippen molar-refractivity contribution in [2.24, 2.45) is 11.5 Å². The van der Waals surface area contributed by atoms with E-state index in [1.165, 1.54) is 12.1 Å². The summed E-state index contributed by atoms with van der Waals surface area (Å²) < 4.78 is 0. The summed E-state index contributed by atoms with van der Waals surface area (Å²) in [6.07, 6.45) is 0.530. The second-order valence-corrected chi connectivity index (χ2v) is 3.97. The summed E-state index contributed by atoms with van der Waals surface area (Å²) in [5, 5.41) is 2.83. The van der Waals surface area contributed by atoms with Gasteiger partial charge >= 0.3 is 0 Å². The lowest BCUT2D eigenvalue weighted by Gasteiger charge is -2.11. The van der Waals surface area contributed by atoms with Crippen molar-refractivity contribution in [1.29, 1.82) is 0 Å². The van der Waals surface area contributed by atoms with Gasteiger partial charge in [-0.15, -0.1) is 12.4 Å². The van der Waals surface area contributed by atoms with E-state index in [-0.39, 0.29) is 28.9 Å². The molecule has 100 valence electrons. The third kappa shape index (κ3) is 4.18. The van der Waals surface area contributed by atoms with E-state index in [2.05, 4.69) is 5.32 Å². The van der Waals surface area contributed by atoms with Gasteiger partial charge in [0.1, 0.15) is 0 Å². The number of benzene rings is 1. The van der Waals surface area contributed by atoms with Crippen LogP contribution in [0.3, 0.4) is 0 Å². The summed E-state index contributed by atoms with van der Waals surface area (Å²) in [7, 11) is 0. The largest absolute Gasteiger partial charge is 0.366 e. The van der Waals surface area contributed by atoms with Crippen LogP contribution in [-0.2, 0) is 4.79 Å². The molecule has 2 amide bonds. The minimum atomic E-state index is -0.647. The molecule has 5 nitrogen and oxygen atoms in total. The zero-order valence-corrected chi connectivity index (χ0v) is 11.3. The summed E-state index contributed by atoms with van der Waals surface area (Å²) in [6.45, 7) is 1.81. The zero-order chi connectivity index (χ0) is 13.0. The quantitative estimate of drug-likeness (QED) is 0.785. The third-order valence-corrected chi connectivity index (χ3v) is 2.61. The summed E-state index contributed by atoms with van der Waals surface area (Å²) in [6, 6.07) is 3.91. The maximum Gasteiger partial charge on any atom is 0.250 e. The van der Waals surface area contributed by atoms with E-state index in [1.807, 2.05) is 0 Å². The molecule has 0 fully saturated rings. The number of hydrogen-bond donors (Lipinski definition) is 3. The Hall–Kier alpha value is -1.30. The molecule has 0 heterocycles. The molecule has 0 saturated heterocycles. The summed E-state index contributed by atoms with van der Waals surface area (Å²) in [5.41, 5.74) is 11.3. The number of carbonyl (C=O) groups excluding carboxylic acids is 2. The van der Waals surface area contributed by atoms with Crippen LogP contribution < -0.4 is 16.8 Å². The van der Waals surface area contributed by atoms with Crippen LogP contribution in [0.1, 0.15) is 23.7 Å². The Kier molecular flexibility index (Phi) is 6.68. The van der Waals surface area contributed by atoms with E-state index in [4.69, 9.17) is 23.1 Å². The summed E-state index contributed by atoms with van der Waals surface area (Å²) in [5.74, 6) is -0.962. The minimum absolute atomic E-state index is 0. The second kappa shape index (κ2) is 7.20. The number of carbonyl (C=O) groups is 2. The van der Waals surface area contributed by atoms with Gasteiger partial charge in [0.15, 0.2) is 0 Å². The topological polar surface area (TPSA) is 98.2 Å². The van der Waals surface area contributed by atoms with Crippen molar-refractivity contribution in [3.05, 3.63) is 28.8 Å². The Morgan fingerprint density at radius 2 is 2.06 bits per heavy atom. The average Bonchev–Trinajstić information content (AvgIpc) is 2.30. The first-order chi connectivity index (χ1) is 7.95. The lowest BCUT2D eigenvalue weighted by atomic mass is 10.1. The fourth-order valence-electron chi connectivity index (χ4n) is 1.21. The van der Waals surface area contributed by atoms with Crippen LogP contribution in [-0.4, -0.2) is 17.9 Å². The van der Waals surface area contributed by atoms with Crippen molar-refractivity contribution in [3.8, 4) is 0 Å². The van der Waals surface area contributed by atoms with Gasteiger partial charge in [0.2, 0.25) is 11.8 Å². The Balaban J connectivity index is 0.00000289. The molecule has 18 heavy (non-hydrogen) atoms. The molecule has 0 bridgehead atoms. The van der Waals surface area contributed by atoms with Gasteiger partial charge in [-0.25, -0.2) is 0 Å². The fourth-order valence-corrected chi connectivity index (χ4v) is 1.42. The van der Waals surface area contributed by atoms with E-state index in [0.29, 0.717) is 12.1 Å². The van der Waals surface area contributed by atoms with Gasteiger partial charge in [-0.2, -0.15) is 0 Å². The molecule has 0 radical (unpaired) electrons. The first-order valence-electron chi connectivity index (χ1n) is 5.11. The smallest absolute Gasteiger partial charge is 0.250 e. The van der Waals surface area contributed by atoms with Crippen molar-refractivity contribution in [2.75, 3.05) is 5.32 Å². The molecule has 1 atom stereocenters. The maximum absolute atomic E-state index is 11.5. The number of amides is 2. The van der Waals surface area contributed by atoms with Crippen LogP contribution in [0, 0.1) is 0 Å². The molecule has 0 aliphatic heterocycles. The standard InChI is InChI=1S/C11H14ClN3O2.ClH/c1-2-9(13)11(17)15-6-3-4-8(12)7(5-6)10(14)16;/h3-5,9H,2,13H2,1H3,(H2,14,16)(H,15,17);1H/t9-;/m0./s1. The van der Waals surface area contributed by atoms with E-state index < -0.39 is 11.9 Å². The van der Waals surface area contributed by atoms with E-state index in [9.17, 15) is 9.59 Å². The molecule has 1 aromatic carbocycles. The molecule has 1 rings (SSSR count). The Morgan fingerprint density at radius 3 is 2.56 bits per heavy atom. The first-order valence-corrected chi connectivity index (χ1v) is 5.49. The Bertz CT molecular complexity index is 452. The van der Waals surface area contributed by atoms with Gasteiger partial charge in [0.25, 0.3) is 0 Å². The van der Waals surface area contributed by atoms with E-state index >= 15 is 0 Å². The van der Waals surface area contributed by atoms with Gasteiger partial charge in [-0.1, -0.05) is 18.5 Å². The normalized spacial score (nSPS) is 11.3. The highest BCUT2D eigenvalue weighted by molar-refractivity contribution is 6.34. The number of rotatable bonds is 4. The second-order valence-electron chi connectivity index (χ2n) is 3.56. The zero-order valence-electron chi connectivity index (χ0n) is 9.77. The number of nitrogens with two attached hydrogens (primary N) is 2. The SMILES string of the molecule is CC[C@H](N)C(=O)Nc1ccc(Cl)c(C(N)=O)c1.Cl. The van der Waals surface area contributed by atoms with Crippen LogP contribution in [0.25, 0.3) is 0 Å². The van der Waals surface area contributed by atoms with Gasteiger partial charge in [-0.05, 0) is 24.6 Å². The van der Waals surface area contributed by atoms with Crippen LogP contribution in [0.2, 0.25) is 5.02 Å². The minimum Gasteiger partial charge on any atom is -0.366 e. The number of nitrogens with one attached hydrogen (secondary N) is 1. The molecule has 1 aromatic rings. The van der Waals surface area contributed by atoms with Crippen LogP contribution >= 0.6 is 24.0 Å². The summed E-state index contributed by atoms with van der Waals surface area (Å²) in [4.78, 5) is 22.6. The summed E-state index contributed by atoms with van der Waals surface area (Å²) >= 11 is 5.78. The van der Waals surface area contributed by atoms with Gasteiger partial charge in [0.05, 0.1) is 16.6 Å². The predicted octanol–water partition coefficient (Wildman–Crippen LogP) is 1.54. The van der Waals surface area contributed by atoms with Gasteiger partial charge in [-0.3, -0.25) is 9.59 Å². The molecule has 0 aromatic heterocycles. The first kappa shape index (κ1) is 16.7. The highest BCUT2D eigenvalue weighted by Gasteiger charge is 2.13. The Labute approximate surface area is 116 Å². The maximum atomic E-state index is 11.5. The van der Waals surface area contributed by atoms with E-state index in [1.54, 1.807) is 13.0 Å². The molecule has 0 spiro atoms. The van der Waals surface area contributed by atoms with Gasteiger partial charge in [0, 0.05) is 5.69 Å². The van der Waals surface area contributed by atoms with Crippen molar-refractivity contribution < 1.29 is 9.59 Å². The van der Waals surface area contributed by atoms with Crippen molar-refractivity contribution in [1.82, 2.24) is 0 Å². The molecule has 0 saturated carbocycles. The average molecular weight is 292 g/mol. The highest BCUT2D eigenvalue weighted by atomic mass is 35.5. The number of primary amides is 1. The number of anilines is 1. The van der Waals surface area contributed by atoms with Crippen LogP contribution in [0.5, 0.6) is 0 Å². The molecular formula is C11H15Cl2N3O2. The lowest BCUT2D eigenvalue weighted by Crippen LogP contribution is -2.34. The highest BCUT2D eigenvalue weighted by Crippen LogP contribution is 2.20. The molecular weight excluding hydrogens is 277 g/mol. The third-order valence-electron chi connectivity index (χ3n) is 2.28. The number of halogens is 2. The predicted molar refractivity (Wildman–Crippen MR) is 74.1 cm³/mol. The molecule has 7 heteroatoms. The molecule has 0 aliphatic rings. The van der Waals surface area contributed by atoms with Crippen molar-refractivity contribution >= 4 is 41.5 Å². The monoisotopic (exact) mass is 291 g/mol. The molecule has 0 unspecified atom stereocenters.